The van der Waals surface area contributed by atoms with Gasteiger partial charge in [0, 0.05) is 37.3 Å². The largest absolute Gasteiger partial charge is 0.363 e. The van der Waals surface area contributed by atoms with E-state index in [-0.39, 0.29) is 17.7 Å². The molecule has 192 valence electrons. The van der Waals surface area contributed by atoms with Crippen molar-refractivity contribution in [1.29, 1.82) is 5.26 Å². The highest BCUT2D eigenvalue weighted by atomic mass is 16.5. The van der Waals surface area contributed by atoms with Crippen molar-refractivity contribution in [1.82, 2.24) is 30.3 Å². The number of fused-ring (bicyclic) bond motifs is 1. The predicted octanol–water partition coefficient (Wildman–Crippen LogP) is 3.17. The van der Waals surface area contributed by atoms with Gasteiger partial charge >= 0.3 is 0 Å². The molecule has 12 nitrogen and oxygen atoms in total. The Hall–Kier alpha value is -5.05. The van der Waals surface area contributed by atoms with Gasteiger partial charge in [-0.1, -0.05) is 25.1 Å². The zero-order chi connectivity index (χ0) is 26.5. The summed E-state index contributed by atoms with van der Waals surface area (Å²) in [7, 11) is 0. The first kappa shape index (κ1) is 24.6. The molecule has 4 aromatic rings. The third-order valence-corrected chi connectivity index (χ3v) is 6.35. The summed E-state index contributed by atoms with van der Waals surface area (Å²) in [5, 5.41) is 19.5. The van der Waals surface area contributed by atoms with Crippen LogP contribution in [0.4, 0.5) is 17.3 Å². The number of pyridine rings is 1. The molecule has 1 aromatic carbocycles. The average molecular weight is 511 g/mol. The smallest absolute Gasteiger partial charge is 0.277 e. The number of carbonyl (C=O) groups is 1. The Balaban J connectivity index is 1.35. The van der Waals surface area contributed by atoms with Crippen LogP contribution in [0.1, 0.15) is 24.3 Å². The van der Waals surface area contributed by atoms with Gasteiger partial charge < -0.3 is 19.6 Å². The van der Waals surface area contributed by atoms with E-state index in [4.69, 9.17) is 9.52 Å². The molecule has 12 heteroatoms. The van der Waals surface area contributed by atoms with Gasteiger partial charge in [-0.05, 0) is 30.2 Å². The highest BCUT2D eigenvalue weighted by Crippen LogP contribution is 2.26. The van der Waals surface area contributed by atoms with Gasteiger partial charge in [0.1, 0.15) is 17.8 Å². The number of hydrogen-bond acceptors (Lipinski definition) is 9. The lowest BCUT2D eigenvalue weighted by molar-refractivity contribution is 0.102. The van der Waals surface area contributed by atoms with Crippen LogP contribution in [0, 0.1) is 17.4 Å². The predicted molar refractivity (Wildman–Crippen MR) is 142 cm³/mol. The van der Waals surface area contributed by atoms with Crippen molar-refractivity contribution in [3.05, 3.63) is 66.9 Å². The molecule has 3 aromatic heterocycles. The van der Waals surface area contributed by atoms with Gasteiger partial charge in [0.15, 0.2) is 12.0 Å². The van der Waals surface area contributed by atoms with Crippen molar-refractivity contribution in [2.75, 3.05) is 29.9 Å². The van der Waals surface area contributed by atoms with Crippen molar-refractivity contribution in [3.63, 3.8) is 0 Å². The average Bonchev–Trinajstić information content (AvgIpc) is 3.46. The van der Waals surface area contributed by atoms with Crippen molar-refractivity contribution < 1.29 is 9.32 Å². The van der Waals surface area contributed by atoms with Crippen LogP contribution in [-0.4, -0.2) is 62.6 Å². The molecule has 38 heavy (non-hydrogen) atoms. The third-order valence-electron chi connectivity index (χ3n) is 6.35. The molecule has 1 aliphatic heterocycles. The van der Waals surface area contributed by atoms with Crippen molar-refractivity contribution in [3.8, 4) is 6.19 Å². The van der Waals surface area contributed by atoms with Crippen LogP contribution < -0.4 is 15.5 Å². The van der Waals surface area contributed by atoms with Crippen LogP contribution in [0.5, 0.6) is 0 Å². The van der Waals surface area contributed by atoms with Gasteiger partial charge in [0.05, 0.1) is 29.6 Å². The van der Waals surface area contributed by atoms with E-state index in [1.807, 2.05) is 36.5 Å². The lowest BCUT2D eigenvalue weighted by atomic mass is 10.00. The fourth-order valence-corrected chi connectivity index (χ4v) is 4.42. The van der Waals surface area contributed by atoms with E-state index >= 15 is 0 Å². The summed E-state index contributed by atoms with van der Waals surface area (Å²) in [5.74, 6) is 1.29. The summed E-state index contributed by atoms with van der Waals surface area (Å²) >= 11 is 0. The molecule has 0 spiro atoms. The number of piperazine rings is 1. The zero-order valence-electron chi connectivity index (χ0n) is 20.9. The molecule has 0 bridgehead atoms. The molecule has 0 aliphatic carbocycles. The van der Waals surface area contributed by atoms with E-state index in [0.717, 1.165) is 16.6 Å². The number of nitrogens with one attached hydrogen (secondary N) is 2. The fourth-order valence-electron chi connectivity index (χ4n) is 4.42. The van der Waals surface area contributed by atoms with Gasteiger partial charge in [-0.2, -0.15) is 5.26 Å². The standard InChI is InChI=1S/C26H26N10O2/c1-17(2)22-15-35(24-14-29-21(13-30-24)25(37)33-23-8-12-38-34-23)10-11-36(22)26(31-16-27)32-20-7-3-6-19-18(20)5-4-9-28-19/h3-9,12-14,17,22H,10-11,15H2,1-2H3,(H,31,32)(H,33,34,37). The Kier molecular flexibility index (Phi) is 7.08. The molecule has 5 rings (SSSR count). The number of anilines is 2. The number of hydrogen-bond donors (Lipinski definition) is 2. The van der Waals surface area contributed by atoms with Crippen LogP contribution >= 0.6 is 0 Å². The maximum Gasteiger partial charge on any atom is 0.277 e. The summed E-state index contributed by atoms with van der Waals surface area (Å²) in [6.45, 7) is 6.15. The SMILES string of the molecule is CC(C)C1CN(c2cnc(C(=O)Nc3ccon3)cn2)CCN1C(=Nc1cccc2ncccc12)NC#N. The highest BCUT2D eigenvalue weighted by Gasteiger charge is 2.32. The molecule has 1 fully saturated rings. The summed E-state index contributed by atoms with van der Waals surface area (Å²) in [5.41, 5.74) is 1.75. The number of rotatable bonds is 5. The zero-order valence-corrected chi connectivity index (χ0v) is 20.9. The second kappa shape index (κ2) is 10.9. The maximum atomic E-state index is 12.4. The summed E-state index contributed by atoms with van der Waals surface area (Å²) in [6.07, 6.45) is 8.20. The third kappa shape index (κ3) is 5.22. The second-order valence-corrected chi connectivity index (χ2v) is 9.07. The van der Waals surface area contributed by atoms with Crippen LogP contribution in [0.3, 0.4) is 0 Å². The molecule has 1 saturated heterocycles. The van der Waals surface area contributed by atoms with Crippen molar-refractivity contribution in [2.45, 2.75) is 19.9 Å². The van der Waals surface area contributed by atoms with E-state index in [2.05, 4.69) is 54.4 Å². The Bertz CT molecular complexity index is 1470. The summed E-state index contributed by atoms with van der Waals surface area (Å²) in [4.78, 5) is 34.7. The number of aromatic nitrogens is 4. The number of nitrogens with zero attached hydrogens (tertiary/aromatic N) is 8. The minimum Gasteiger partial charge on any atom is -0.363 e. The molecule has 1 unspecified atom stereocenters. The first-order valence-corrected chi connectivity index (χ1v) is 12.2. The Morgan fingerprint density at radius 1 is 1.16 bits per heavy atom. The van der Waals surface area contributed by atoms with E-state index < -0.39 is 5.91 Å². The van der Waals surface area contributed by atoms with E-state index in [0.29, 0.717) is 37.2 Å². The van der Waals surface area contributed by atoms with Crippen molar-refractivity contribution in [2.24, 2.45) is 10.9 Å². The Morgan fingerprint density at radius 3 is 2.79 bits per heavy atom. The lowest BCUT2D eigenvalue weighted by Gasteiger charge is -2.44. The number of amides is 1. The van der Waals surface area contributed by atoms with E-state index in [1.54, 1.807) is 18.5 Å². The molecule has 1 amide bonds. The van der Waals surface area contributed by atoms with Crippen LogP contribution in [0.15, 0.2) is 70.8 Å². The van der Waals surface area contributed by atoms with Crippen LogP contribution in [0.25, 0.3) is 10.9 Å². The van der Waals surface area contributed by atoms with Crippen LogP contribution in [0.2, 0.25) is 0 Å². The summed E-state index contributed by atoms with van der Waals surface area (Å²) < 4.78 is 4.73. The van der Waals surface area contributed by atoms with Gasteiger partial charge in [0.25, 0.3) is 5.91 Å². The number of guanidine groups is 1. The van der Waals surface area contributed by atoms with Gasteiger partial charge in [-0.15, -0.1) is 0 Å². The summed E-state index contributed by atoms with van der Waals surface area (Å²) in [6, 6.07) is 11.2. The first-order valence-electron chi connectivity index (χ1n) is 12.2. The minimum atomic E-state index is -0.421. The van der Waals surface area contributed by atoms with Gasteiger partial charge in [-0.25, -0.2) is 15.0 Å². The monoisotopic (exact) mass is 510 g/mol. The molecule has 0 saturated carbocycles. The maximum absolute atomic E-state index is 12.4. The Morgan fingerprint density at radius 2 is 2.05 bits per heavy atom. The fraction of sp³-hybridized carbons (Fsp3) is 0.269. The normalized spacial score (nSPS) is 15.9. The number of nitriles is 1. The highest BCUT2D eigenvalue weighted by molar-refractivity contribution is 6.02. The van der Waals surface area contributed by atoms with Crippen molar-refractivity contribution >= 4 is 40.1 Å². The van der Waals surface area contributed by atoms with E-state index in [9.17, 15) is 10.1 Å². The number of aliphatic imine (C=N–C) groups is 1. The minimum absolute atomic E-state index is 0.0355. The molecule has 4 heterocycles. The second-order valence-electron chi connectivity index (χ2n) is 9.07. The molecule has 2 N–H and O–H groups in total. The van der Waals surface area contributed by atoms with E-state index in [1.165, 1.54) is 12.5 Å². The molecule has 1 aliphatic rings. The number of carbonyl (C=O) groups excluding carboxylic acids is 1. The lowest BCUT2D eigenvalue weighted by Crippen LogP contribution is -2.59. The molecular weight excluding hydrogens is 484 g/mol. The van der Waals surface area contributed by atoms with Gasteiger partial charge in [0.2, 0.25) is 5.96 Å². The molecule has 1 atom stereocenters. The van der Waals surface area contributed by atoms with Gasteiger partial charge in [-0.3, -0.25) is 15.1 Å². The Labute approximate surface area is 219 Å². The quantitative estimate of drug-likeness (QED) is 0.177. The molecular formula is C26H26N10O2. The topological polar surface area (TPSA) is 148 Å². The van der Waals surface area contributed by atoms with Crippen LogP contribution in [-0.2, 0) is 0 Å². The first-order chi connectivity index (χ1) is 18.5. The number of benzene rings is 1. The molecule has 0 radical (unpaired) electrons.